The van der Waals surface area contributed by atoms with Crippen LogP contribution in [0.4, 0.5) is 0 Å². The molecule has 0 atom stereocenters. The van der Waals surface area contributed by atoms with Crippen molar-refractivity contribution in [3.63, 3.8) is 0 Å². The summed E-state index contributed by atoms with van der Waals surface area (Å²) in [5.41, 5.74) is 6.05. The van der Waals surface area contributed by atoms with Crippen molar-refractivity contribution in [1.82, 2.24) is 24.6 Å². The number of aryl methyl sites for hydroxylation is 1. The molecule has 0 amide bonds. The predicted octanol–water partition coefficient (Wildman–Crippen LogP) is 3.86. The van der Waals surface area contributed by atoms with E-state index in [0.29, 0.717) is 5.82 Å². The quantitative estimate of drug-likeness (QED) is 0.705. The molecule has 4 rings (SSSR count). The van der Waals surface area contributed by atoms with Gasteiger partial charge in [-0.2, -0.15) is 5.10 Å². The number of hydrogen-bond acceptors (Lipinski definition) is 5. The highest BCUT2D eigenvalue weighted by Crippen LogP contribution is 2.26. The highest BCUT2D eigenvalue weighted by molar-refractivity contribution is 5.47. The standard InChI is InChI=1S/C21H27N5O/c1-14-17(15(2)26(24-14)21(3,4)5)13-25-9-8-18-16(12-25)11-22-20(23-18)19-7-6-10-27-19/h6-7,10-11H,8-9,12-13H2,1-5H3. The first-order valence-corrected chi connectivity index (χ1v) is 9.49. The Hall–Kier alpha value is -2.47. The average molecular weight is 365 g/mol. The van der Waals surface area contributed by atoms with Gasteiger partial charge in [0, 0.05) is 49.1 Å². The Morgan fingerprint density at radius 1 is 1.22 bits per heavy atom. The molecule has 1 aliphatic heterocycles. The third kappa shape index (κ3) is 3.41. The Morgan fingerprint density at radius 3 is 2.70 bits per heavy atom. The van der Waals surface area contributed by atoms with Gasteiger partial charge in [0.25, 0.3) is 0 Å². The third-order valence-electron chi connectivity index (χ3n) is 5.21. The fourth-order valence-electron chi connectivity index (χ4n) is 3.81. The van der Waals surface area contributed by atoms with Crippen LogP contribution < -0.4 is 0 Å². The zero-order valence-electron chi connectivity index (χ0n) is 16.8. The van der Waals surface area contributed by atoms with Crippen LogP contribution in [-0.2, 0) is 25.0 Å². The predicted molar refractivity (Wildman–Crippen MR) is 104 cm³/mol. The van der Waals surface area contributed by atoms with Gasteiger partial charge in [0.1, 0.15) is 0 Å². The maximum Gasteiger partial charge on any atom is 0.195 e. The van der Waals surface area contributed by atoms with E-state index in [1.807, 2.05) is 18.3 Å². The molecule has 0 fully saturated rings. The van der Waals surface area contributed by atoms with Crippen molar-refractivity contribution >= 4 is 0 Å². The molecule has 0 saturated carbocycles. The SMILES string of the molecule is Cc1nn(C(C)(C)C)c(C)c1CN1CCc2nc(-c3ccco3)ncc2C1. The largest absolute Gasteiger partial charge is 0.461 e. The molecule has 27 heavy (non-hydrogen) atoms. The van der Waals surface area contributed by atoms with Crippen molar-refractivity contribution in [2.45, 2.75) is 59.7 Å². The van der Waals surface area contributed by atoms with Gasteiger partial charge in [-0.15, -0.1) is 0 Å². The second-order valence-electron chi connectivity index (χ2n) is 8.34. The minimum absolute atomic E-state index is 0.00230. The lowest BCUT2D eigenvalue weighted by Crippen LogP contribution is -2.31. The highest BCUT2D eigenvalue weighted by Gasteiger charge is 2.24. The Kier molecular flexibility index (Phi) is 4.38. The summed E-state index contributed by atoms with van der Waals surface area (Å²) in [5, 5.41) is 4.79. The van der Waals surface area contributed by atoms with Gasteiger partial charge in [-0.1, -0.05) is 0 Å². The summed E-state index contributed by atoms with van der Waals surface area (Å²) in [6, 6.07) is 3.76. The summed E-state index contributed by atoms with van der Waals surface area (Å²) in [5.74, 6) is 1.39. The van der Waals surface area contributed by atoms with Gasteiger partial charge < -0.3 is 4.42 Å². The Balaban J connectivity index is 1.53. The van der Waals surface area contributed by atoms with E-state index < -0.39 is 0 Å². The summed E-state index contributed by atoms with van der Waals surface area (Å²) < 4.78 is 7.57. The summed E-state index contributed by atoms with van der Waals surface area (Å²) in [7, 11) is 0. The van der Waals surface area contributed by atoms with Gasteiger partial charge in [0.2, 0.25) is 0 Å². The molecule has 0 bridgehead atoms. The number of fused-ring (bicyclic) bond motifs is 1. The maximum atomic E-state index is 5.42. The van der Waals surface area contributed by atoms with Gasteiger partial charge in [-0.05, 0) is 46.8 Å². The molecule has 3 aromatic rings. The molecule has 1 aliphatic rings. The second-order valence-corrected chi connectivity index (χ2v) is 8.34. The summed E-state index contributed by atoms with van der Waals surface area (Å²) in [6.07, 6.45) is 4.53. The van der Waals surface area contributed by atoms with Crippen molar-refractivity contribution in [3.05, 3.63) is 52.8 Å². The smallest absolute Gasteiger partial charge is 0.195 e. The molecular formula is C21H27N5O. The van der Waals surface area contributed by atoms with Crippen LogP contribution in [0.1, 0.15) is 49.0 Å². The molecule has 6 heteroatoms. The maximum absolute atomic E-state index is 5.42. The molecule has 0 unspecified atom stereocenters. The van der Waals surface area contributed by atoms with Crippen LogP contribution in [0.5, 0.6) is 0 Å². The van der Waals surface area contributed by atoms with E-state index >= 15 is 0 Å². The van der Waals surface area contributed by atoms with Crippen LogP contribution in [0.25, 0.3) is 11.6 Å². The molecule has 142 valence electrons. The lowest BCUT2D eigenvalue weighted by Gasteiger charge is -2.28. The molecule has 0 aliphatic carbocycles. The van der Waals surface area contributed by atoms with Crippen molar-refractivity contribution < 1.29 is 4.42 Å². The molecule has 0 radical (unpaired) electrons. The minimum atomic E-state index is -0.00230. The molecule has 4 heterocycles. The fourth-order valence-corrected chi connectivity index (χ4v) is 3.81. The molecule has 3 aromatic heterocycles. The summed E-state index contributed by atoms with van der Waals surface area (Å²) in [4.78, 5) is 11.7. The van der Waals surface area contributed by atoms with Gasteiger partial charge in [-0.3, -0.25) is 9.58 Å². The Morgan fingerprint density at radius 2 is 2.04 bits per heavy atom. The topological polar surface area (TPSA) is 60.0 Å². The lowest BCUT2D eigenvalue weighted by molar-refractivity contribution is 0.241. The van der Waals surface area contributed by atoms with Gasteiger partial charge in [-0.25, -0.2) is 9.97 Å². The first kappa shape index (κ1) is 17.9. The second kappa shape index (κ2) is 6.60. The van der Waals surface area contributed by atoms with E-state index in [4.69, 9.17) is 14.5 Å². The molecular weight excluding hydrogens is 338 g/mol. The first-order chi connectivity index (χ1) is 12.8. The van der Waals surface area contributed by atoms with E-state index in [-0.39, 0.29) is 5.54 Å². The number of nitrogens with zero attached hydrogens (tertiary/aromatic N) is 5. The average Bonchev–Trinajstić information content (AvgIpc) is 3.25. The van der Waals surface area contributed by atoms with Crippen molar-refractivity contribution in [2.24, 2.45) is 0 Å². The Bertz CT molecular complexity index is 950. The number of rotatable bonds is 3. The lowest BCUT2D eigenvalue weighted by atomic mass is 10.0. The van der Waals surface area contributed by atoms with Gasteiger partial charge >= 0.3 is 0 Å². The van der Waals surface area contributed by atoms with E-state index in [0.717, 1.165) is 43.2 Å². The Labute approximate surface area is 160 Å². The summed E-state index contributed by atoms with van der Waals surface area (Å²) in [6.45, 7) is 13.6. The molecule has 6 nitrogen and oxygen atoms in total. The molecule has 0 saturated heterocycles. The monoisotopic (exact) mass is 365 g/mol. The number of hydrogen-bond donors (Lipinski definition) is 0. The van der Waals surface area contributed by atoms with Crippen molar-refractivity contribution in [2.75, 3.05) is 6.54 Å². The number of aromatic nitrogens is 4. The molecule has 0 spiro atoms. The van der Waals surface area contributed by atoms with Gasteiger partial charge in [0.15, 0.2) is 11.6 Å². The van der Waals surface area contributed by atoms with Crippen LogP contribution in [0.15, 0.2) is 29.0 Å². The summed E-state index contributed by atoms with van der Waals surface area (Å²) >= 11 is 0. The van der Waals surface area contributed by atoms with Crippen LogP contribution in [0, 0.1) is 13.8 Å². The molecule has 0 aromatic carbocycles. The van der Waals surface area contributed by atoms with Gasteiger partial charge in [0.05, 0.1) is 23.2 Å². The van der Waals surface area contributed by atoms with Crippen LogP contribution in [0.2, 0.25) is 0 Å². The first-order valence-electron chi connectivity index (χ1n) is 9.49. The zero-order valence-corrected chi connectivity index (χ0v) is 16.8. The third-order valence-corrected chi connectivity index (χ3v) is 5.21. The zero-order chi connectivity index (χ0) is 19.2. The van der Waals surface area contributed by atoms with Crippen LogP contribution in [0.3, 0.4) is 0 Å². The van der Waals surface area contributed by atoms with Crippen LogP contribution in [-0.4, -0.2) is 31.2 Å². The normalized spacial score (nSPS) is 15.1. The van der Waals surface area contributed by atoms with E-state index in [9.17, 15) is 0 Å². The number of furan rings is 1. The van der Waals surface area contributed by atoms with E-state index in [1.54, 1.807) is 6.26 Å². The fraction of sp³-hybridized carbons (Fsp3) is 0.476. The van der Waals surface area contributed by atoms with Crippen molar-refractivity contribution in [1.29, 1.82) is 0 Å². The minimum Gasteiger partial charge on any atom is -0.461 e. The molecule has 0 N–H and O–H groups in total. The van der Waals surface area contributed by atoms with Crippen molar-refractivity contribution in [3.8, 4) is 11.6 Å². The van der Waals surface area contributed by atoms with E-state index in [1.165, 1.54) is 16.8 Å². The van der Waals surface area contributed by atoms with Crippen LogP contribution >= 0.6 is 0 Å². The highest BCUT2D eigenvalue weighted by atomic mass is 16.3. The van der Waals surface area contributed by atoms with E-state index in [2.05, 4.69) is 49.2 Å².